The van der Waals surface area contributed by atoms with Gasteiger partial charge < -0.3 is 0 Å². The molecule has 0 spiro atoms. The molecule has 0 bridgehead atoms. The molecule has 15 valence electrons. The van der Waals surface area contributed by atoms with E-state index in [1.807, 2.05) is 0 Å². The summed E-state index contributed by atoms with van der Waals surface area (Å²) in [7, 11) is 0. The summed E-state index contributed by atoms with van der Waals surface area (Å²) in [5.74, 6) is 0. The third kappa shape index (κ3) is 8.85. The summed E-state index contributed by atoms with van der Waals surface area (Å²) >= 11 is 0. The maximum Gasteiger partial charge on any atom is 0 e. The molecule has 0 N–H and O–H groups in total. The van der Waals surface area contributed by atoms with Gasteiger partial charge in [0, 0.05) is 87.3 Å². The average Bonchev–Trinajstić information content (AvgIpc) is 0. The molecule has 0 unspecified atom stereocenters. The minimum Gasteiger partial charge on any atom is 0 e. The van der Waals surface area contributed by atoms with Crippen LogP contribution in [0.15, 0.2) is 0 Å². The number of hydrogen-bond acceptors (Lipinski definition) is 0. The van der Waals surface area contributed by atoms with Crippen LogP contribution >= 0.6 is 0 Å². The van der Waals surface area contributed by atoms with Crippen molar-refractivity contribution in [1.82, 2.24) is 0 Å². The van der Waals surface area contributed by atoms with Gasteiger partial charge in [-0.2, -0.15) is 0 Å². The molecule has 0 amide bonds. The quantitative estimate of drug-likeness (QED) is 0.415. The molecule has 0 saturated carbocycles. The Labute approximate surface area is 85.7 Å². The van der Waals surface area contributed by atoms with Crippen LogP contribution in [0.4, 0.5) is 0 Å². The normalized spacial score (nSPS) is 0. The Balaban J connectivity index is 0. The maximum atomic E-state index is 0. The van der Waals surface area contributed by atoms with Gasteiger partial charge in [0.15, 0.2) is 0 Å². The second kappa shape index (κ2) is 16.9. The van der Waals surface area contributed by atoms with E-state index in [-0.39, 0.29) is 87.3 Å². The van der Waals surface area contributed by atoms with Gasteiger partial charge in [0.25, 0.3) is 0 Å². The molecule has 0 heterocycles. The molecule has 0 aromatic carbocycles. The summed E-state index contributed by atoms with van der Waals surface area (Å²) in [6, 6.07) is 0. The summed E-state index contributed by atoms with van der Waals surface area (Å²) < 4.78 is 0. The van der Waals surface area contributed by atoms with Crippen molar-refractivity contribution in [2.75, 3.05) is 0 Å². The van der Waals surface area contributed by atoms with Gasteiger partial charge in [-0.05, 0) is 0 Å². The Morgan fingerprint density at radius 2 is 1.00 bits per heavy atom. The fourth-order valence-electron chi connectivity index (χ4n) is 0. The van der Waals surface area contributed by atoms with Crippen LogP contribution in [0.25, 0.3) is 0 Å². The average molecular weight is 424 g/mol. The molecule has 0 atom stereocenters. The van der Waals surface area contributed by atoms with Crippen LogP contribution in [0, 0.1) is 0 Å². The monoisotopic (exact) mass is 425 g/mol. The summed E-state index contributed by atoms with van der Waals surface area (Å²) in [5.41, 5.74) is 0. The van der Waals surface area contributed by atoms with Gasteiger partial charge in [-0.1, -0.05) is 0 Å². The van der Waals surface area contributed by atoms with E-state index in [0.29, 0.717) is 0 Å². The predicted octanol–water partition coefficient (Wildman–Crippen LogP) is -1.52. The molecule has 0 nitrogen and oxygen atoms in total. The van der Waals surface area contributed by atoms with Gasteiger partial charge in [0.05, 0.1) is 0 Å². The zero-order chi connectivity index (χ0) is 0. The Morgan fingerprint density at radius 3 is 1.00 bits per heavy atom. The van der Waals surface area contributed by atoms with E-state index in [1.165, 1.54) is 0 Å². The molecule has 4 heteroatoms. The minimum atomic E-state index is 0. The van der Waals surface area contributed by atoms with Crippen molar-refractivity contribution in [2.45, 2.75) is 0 Å². The fourth-order valence-corrected chi connectivity index (χ4v) is 0. The van der Waals surface area contributed by atoms with E-state index in [4.69, 9.17) is 0 Å². The van der Waals surface area contributed by atoms with Crippen LogP contribution < -0.4 is 0 Å². The first-order valence-corrected chi connectivity index (χ1v) is 0. The largest absolute Gasteiger partial charge is 0 e. The molecular formula is AlBiGaSn. The van der Waals surface area contributed by atoms with Crippen molar-refractivity contribution in [2.24, 2.45) is 0 Å². The standard InChI is InChI=1S/Al.Bi.Ga.Sn. The molecule has 0 aliphatic carbocycles. The third-order valence-electron chi connectivity index (χ3n) is 0. The molecule has 0 rings (SSSR count). The van der Waals surface area contributed by atoms with E-state index in [2.05, 4.69) is 0 Å². The van der Waals surface area contributed by atoms with Crippen LogP contribution in [0.5, 0.6) is 0 Å². The van der Waals surface area contributed by atoms with Gasteiger partial charge in [0.2, 0.25) is 0 Å². The Morgan fingerprint density at radius 1 is 1.00 bits per heavy atom. The Bertz CT molecular complexity index is 8.00. The van der Waals surface area contributed by atoms with Gasteiger partial charge in [-0.15, -0.1) is 0 Å². The molecule has 0 saturated heterocycles. The van der Waals surface area contributed by atoms with E-state index in [9.17, 15) is 0 Å². The van der Waals surface area contributed by atoms with Crippen molar-refractivity contribution in [3.63, 3.8) is 0 Å². The second-order valence-corrected chi connectivity index (χ2v) is 0. The topological polar surface area (TPSA) is 0 Å². The predicted molar refractivity (Wildman–Crippen MR) is 23.0 cm³/mol. The van der Waals surface area contributed by atoms with Gasteiger partial charge >= 0.3 is 0 Å². The molecular weight excluding hydrogens is 424 g/mol. The zero-order valence-electron chi connectivity index (χ0n) is 2.10. The first-order chi connectivity index (χ1) is 0. The van der Waals surface area contributed by atoms with Crippen LogP contribution in [0.1, 0.15) is 0 Å². The first-order valence-electron chi connectivity index (χ1n) is 0. The van der Waals surface area contributed by atoms with Crippen molar-refractivity contribution >= 4 is 87.3 Å². The zero-order valence-corrected chi connectivity index (χ0v) is 12.0. The number of rotatable bonds is 0. The van der Waals surface area contributed by atoms with Crippen molar-refractivity contribution in [1.29, 1.82) is 0 Å². The molecule has 0 aliphatic heterocycles. The van der Waals surface area contributed by atoms with Crippen LogP contribution in [-0.2, 0) is 0 Å². The van der Waals surface area contributed by atoms with E-state index < -0.39 is 0 Å². The van der Waals surface area contributed by atoms with Gasteiger partial charge in [-0.25, -0.2) is 0 Å². The number of hydrogen-bond donors (Lipinski definition) is 0. The van der Waals surface area contributed by atoms with Crippen molar-refractivity contribution in [3.05, 3.63) is 0 Å². The van der Waals surface area contributed by atoms with Crippen LogP contribution in [0.3, 0.4) is 0 Å². The summed E-state index contributed by atoms with van der Waals surface area (Å²) in [6.07, 6.45) is 0. The summed E-state index contributed by atoms with van der Waals surface area (Å²) in [4.78, 5) is 0. The SMILES string of the molecule is [Al].[Bi].[Ga].[Sn]. The first kappa shape index (κ1) is 28.9. The van der Waals surface area contributed by atoms with E-state index >= 15 is 0 Å². The van der Waals surface area contributed by atoms with Gasteiger partial charge in [-0.3, -0.25) is 0 Å². The molecule has 0 aromatic rings. The summed E-state index contributed by atoms with van der Waals surface area (Å²) in [6.45, 7) is 0. The van der Waals surface area contributed by atoms with E-state index in [1.54, 1.807) is 0 Å². The molecule has 0 fully saturated rings. The van der Waals surface area contributed by atoms with Crippen LogP contribution in [0.2, 0.25) is 0 Å². The molecule has 0 aliphatic rings. The Hall–Kier alpha value is 2.85. The maximum absolute atomic E-state index is 0. The van der Waals surface area contributed by atoms with Crippen molar-refractivity contribution in [3.8, 4) is 0 Å². The smallest absolute Gasteiger partial charge is 0 e. The molecule has 0 aromatic heterocycles. The van der Waals surface area contributed by atoms with E-state index in [0.717, 1.165) is 0 Å². The van der Waals surface area contributed by atoms with Crippen LogP contribution in [-0.4, -0.2) is 87.3 Å². The van der Waals surface area contributed by atoms with Crippen molar-refractivity contribution < 1.29 is 0 Å². The van der Waals surface area contributed by atoms with Gasteiger partial charge in [0.1, 0.15) is 0 Å². The fraction of sp³-hybridized carbons (Fsp3) is 0. The second-order valence-electron chi connectivity index (χ2n) is 0. The molecule has 13 radical (unpaired) electrons. The summed E-state index contributed by atoms with van der Waals surface area (Å²) in [5, 5.41) is 0. The minimum absolute atomic E-state index is 0. The Kier molecular flexibility index (Phi) is 122. The third-order valence-corrected chi connectivity index (χ3v) is 0. The molecule has 4 heavy (non-hydrogen) atoms.